The monoisotopic (exact) mass is 343 g/mol. The normalized spacial score (nSPS) is 12.0. The van der Waals surface area contributed by atoms with Crippen molar-refractivity contribution in [3.8, 4) is 5.69 Å². The molecule has 1 heterocycles. The van der Waals surface area contributed by atoms with Gasteiger partial charge in [-0.15, -0.1) is 5.10 Å². The highest BCUT2D eigenvalue weighted by Gasteiger charge is 2.12. The molecule has 128 valence electrons. The molecule has 0 aliphatic rings. The van der Waals surface area contributed by atoms with Crippen molar-refractivity contribution in [3.63, 3.8) is 0 Å². The van der Waals surface area contributed by atoms with Crippen LogP contribution in [0.5, 0.6) is 0 Å². The van der Waals surface area contributed by atoms with Crippen molar-refractivity contribution < 1.29 is 4.79 Å². The van der Waals surface area contributed by atoms with Crippen LogP contribution in [0.25, 0.3) is 16.5 Å². The maximum atomic E-state index is 12.5. The standard InChI is InChI=1S/C20H17N5O/c1-14(17-7-6-15-4-2-3-5-18(15)12-17)22-20(26)16-8-10-19(11-9-16)25-13-21-23-24-25/h2-14H,1H3,(H,22,26). The second-order valence-corrected chi connectivity index (χ2v) is 6.10. The summed E-state index contributed by atoms with van der Waals surface area (Å²) in [6.45, 7) is 1.98. The fourth-order valence-electron chi connectivity index (χ4n) is 2.89. The lowest BCUT2D eigenvalue weighted by atomic mass is 10.0. The molecule has 3 aromatic carbocycles. The van der Waals surface area contributed by atoms with E-state index in [1.807, 2.05) is 37.3 Å². The molecule has 0 aliphatic heterocycles. The number of benzene rings is 3. The van der Waals surface area contributed by atoms with E-state index in [1.54, 1.807) is 16.8 Å². The van der Waals surface area contributed by atoms with Gasteiger partial charge >= 0.3 is 0 Å². The van der Waals surface area contributed by atoms with Gasteiger partial charge in [-0.1, -0.05) is 36.4 Å². The molecule has 1 unspecified atom stereocenters. The Morgan fingerprint density at radius 3 is 2.50 bits per heavy atom. The van der Waals surface area contributed by atoms with E-state index >= 15 is 0 Å². The fraction of sp³-hybridized carbons (Fsp3) is 0.100. The number of fused-ring (bicyclic) bond motifs is 1. The molecular weight excluding hydrogens is 326 g/mol. The van der Waals surface area contributed by atoms with Crippen molar-refractivity contribution in [2.24, 2.45) is 0 Å². The third kappa shape index (κ3) is 3.17. The van der Waals surface area contributed by atoms with Gasteiger partial charge in [-0.05, 0) is 64.0 Å². The molecule has 0 spiro atoms. The van der Waals surface area contributed by atoms with Crippen LogP contribution in [-0.4, -0.2) is 26.1 Å². The van der Waals surface area contributed by atoms with Crippen molar-refractivity contribution in [1.29, 1.82) is 0 Å². The third-order valence-corrected chi connectivity index (χ3v) is 4.36. The summed E-state index contributed by atoms with van der Waals surface area (Å²) in [4.78, 5) is 12.5. The Bertz CT molecular complexity index is 1040. The molecule has 1 N–H and O–H groups in total. The molecule has 0 saturated carbocycles. The molecule has 0 aliphatic carbocycles. The topological polar surface area (TPSA) is 72.7 Å². The Morgan fingerprint density at radius 1 is 1.00 bits per heavy atom. The van der Waals surface area contributed by atoms with E-state index in [4.69, 9.17) is 0 Å². The molecule has 1 atom stereocenters. The maximum absolute atomic E-state index is 12.5. The van der Waals surface area contributed by atoms with Crippen LogP contribution in [0.2, 0.25) is 0 Å². The molecule has 0 radical (unpaired) electrons. The summed E-state index contributed by atoms with van der Waals surface area (Å²) in [5.74, 6) is -0.117. The van der Waals surface area contributed by atoms with Crippen LogP contribution in [0.4, 0.5) is 0 Å². The van der Waals surface area contributed by atoms with E-state index in [0.717, 1.165) is 16.6 Å². The predicted octanol–water partition coefficient (Wildman–Crippen LogP) is 3.31. The van der Waals surface area contributed by atoms with Crippen LogP contribution < -0.4 is 5.32 Å². The van der Waals surface area contributed by atoms with Crippen LogP contribution in [-0.2, 0) is 0 Å². The quantitative estimate of drug-likeness (QED) is 0.617. The Labute approximate surface area is 150 Å². The Balaban J connectivity index is 1.49. The number of carbonyl (C=O) groups is 1. The molecule has 6 nitrogen and oxygen atoms in total. The number of carbonyl (C=O) groups excluding carboxylic acids is 1. The fourth-order valence-corrected chi connectivity index (χ4v) is 2.89. The predicted molar refractivity (Wildman–Crippen MR) is 99.0 cm³/mol. The first-order valence-electron chi connectivity index (χ1n) is 8.34. The van der Waals surface area contributed by atoms with Crippen molar-refractivity contribution in [2.45, 2.75) is 13.0 Å². The van der Waals surface area contributed by atoms with Crippen molar-refractivity contribution >= 4 is 16.7 Å². The van der Waals surface area contributed by atoms with E-state index in [0.29, 0.717) is 5.56 Å². The van der Waals surface area contributed by atoms with Gasteiger partial charge in [0.05, 0.1) is 11.7 Å². The summed E-state index contributed by atoms with van der Waals surface area (Å²) in [6, 6.07) is 21.5. The average Bonchev–Trinajstić information content (AvgIpc) is 3.22. The number of nitrogens with zero attached hydrogens (tertiary/aromatic N) is 4. The summed E-state index contributed by atoms with van der Waals surface area (Å²) in [6.07, 6.45) is 1.51. The molecular formula is C20H17N5O. The summed E-state index contributed by atoms with van der Waals surface area (Å²) in [7, 11) is 0. The first-order valence-corrected chi connectivity index (χ1v) is 8.34. The zero-order valence-corrected chi connectivity index (χ0v) is 14.2. The lowest BCUT2D eigenvalue weighted by molar-refractivity contribution is 0.0940. The van der Waals surface area contributed by atoms with Gasteiger partial charge in [-0.3, -0.25) is 4.79 Å². The van der Waals surface area contributed by atoms with E-state index in [1.165, 1.54) is 11.7 Å². The highest BCUT2D eigenvalue weighted by molar-refractivity contribution is 5.94. The minimum absolute atomic E-state index is 0.0914. The third-order valence-electron chi connectivity index (χ3n) is 4.36. The van der Waals surface area contributed by atoms with Crippen molar-refractivity contribution in [2.75, 3.05) is 0 Å². The van der Waals surface area contributed by atoms with Crippen LogP contribution in [0, 0.1) is 0 Å². The van der Waals surface area contributed by atoms with Crippen LogP contribution in [0.15, 0.2) is 73.1 Å². The number of amides is 1. The minimum Gasteiger partial charge on any atom is -0.346 e. The van der Waals surface area contributed by atoms with Gasteiger partial charge in [0.15, 0.2) is 0 Å². The van der Waals surface area contributed by atoms with Crippen molar-refractivity contribution in [3.05, 3.63) is 84.2 Å². The average molecular weight is 343 g/mol. The SMILES string of the molecule is CC(NC(=O)c1ccc(-n2cnnn2)cc1)c1ccc2ccccc2c1. The highest BCUT2D eigenvalue weighted by Crippen LogP contribution is 2.20. The van der Waals surface area contributed by atoms with E-state index < -0.39 is 0 Å². The molecule has 4 aromatic rings. The number of tetrazole rings is 1. The van der Waals surface area contributed by atoms with Crippen molar-refractivity contribution in [1.82, 2.24) is 25.5 Å². The Morgan fingerprint density at radius 2 is 1.77 bits per heavy atom. The second-order valence-electron chi connectivity index (χ2n) is 6.10. The molecule has 0 bridgehead atoms. The zero-order chi connectivity index (χ0) is 17.9. The number of hydrogen-bond donors (Lipinski definition) is 1. The molecule has 0 saturated heterocycles. The van der Waals surface area contributed by atoms with Gasteiger partial charge in [0, 0.05) is 5.56 Å². The summed E-state index contributed by atoms with van der Waals surface area (Å²) < 4.78 is 1.54. The van der Waals surface area contributed by atoms with E-state index in [-0.39, 0.29) is 11.9 Å². The highest BCUT2D eigenvalue weighted by atomic mass is 16.1. The summed E-state index contributed by atoms with van der Waals surface area (Å²) >= 11 is 0. The first kappa shape index (κ1) is 16.0. The smallest absolute Gasteiger partial charge is 0.251 e. The molecule has 26 heavy (non-hydrogen) atoms. The van der Waals surface area contributed by atoms with Crippen LogP contribution >= 0.6 is 0 Å². The minimum atomic E-state index is -0.117. The number of hydrogen-bond acceptors (Lipinski definition) is 4. The Kier molecular flexibility index (Phi) is 4.15. The number of aromatic nitrogens is 4. The summed E-state index contributed by atoms with van der Waals surface area (Å²) in [5.41, 5.74) is 2.46. The molecule has 0 fully saturated rings. The lowest BCUT2D eigenvalue weighted by Gasteiger charge is -2.15. The van der Waals surface area contributed by atoms with Gasteiger partial charge in [-0.2, -0.15) is 0 Å². The van der Waals surface area contributed by atoms with Gasteiger partial charge in [-0.25, -0.2) is 4.68 Å². The molecule has 6 heteroatoms. The second kappa shape index (κ2) is 6.76. The molecule has 4 rings (SSSR count). The first-order chi connectivity index (χ1) is 12.7. The van der Waals surface area contributed by atoms with Gasteiger partial charge in [0.1, 0.15) is 6.33 Å². The maximum Gasteiger partial charge on any atom is 0.251 e. The molecule has 1 aromatic heterocycles. The Hall–Kier alpha value is -3.54. The largest absolute Gasteiger partial charge is 0.346 e. The molecule has 1 amide bonds. The van der Waals surface area contributed by atoms with E-state index in [9.17, 15) is 4.79 Å². The van der Waals surface area contributed by atoms with Gasteiger partial charge in [0.25, 0.3) is 5.91 Å². The van der Waals surface area contributed by atoms with Crippen LogP contribution in [0.3, 0.4) is 0 Å². The number of nitrogens with one attached hydrogen (secondary N) is 1. The van der Waals surface area contributed by atoms with Gasteiger partial charge < -0.3 is 5.32 Å². The van der Waals surface area contributed by atoms with E-state index in [2.05, 4.69) is 45.1 Å². The van der Waals surface area contributed by atoms with Crippen LogP contribution in [0.1, 0.15) is 28.9 Å². The number of rotatable bonds is 4. The van der Waals surface area contributed by atoms with Gasteiger partial charge in [0.2, 0.25) is 0 Å². The summed E-state index contributed by atoms with van der Waals surface area (Å²) in [5, 5.41) is 16.4. The lowest BCUT2D eigenvalue weighted by Crippen LogP contribution is -2.26. The zero-order valence-electron chi connectivity index (χ0n) is 14.2.